The molecule has 0 spiro atoms. The molecule has 0 aromatic carbocycles. The van der Waals surface area contributed by atoms with E-state index in [1.54, 1.807) is 0 Å². The number of carbonyl (C=O) groups excluding carboxylic acids is 1. The molecule has 6 heteroatoms. The first-order chi connectivity index (χ1) is 9.56. The third kappa shape index (κ3) is 3.00. The van der Waals surface area contributed by atoms with Gasteiger partial charge in [0.1, 0.15) is 5.82 Å². The molecule has 1 heterocycles. The lowest BCUT2D eigenvalue weighted by atomic mass is 9.79. The van der Waals surface area contributed by atoms with E-state index in [1.165, 1.54) is 0 Å². The molecule has 2 fully saturated rings. The number of aliphatic hydroxyl groups is 1. The Bertz CT molecular complexity index is 497. The van der Waals surface area contributed by atoms with Crippen LogP contribution >= 0.6 is 0 Å². The Kier molecular flexibility index (Phi) is 3.50. The third-order valence-electron chi connectivity index (χ3n) is 4.32. The first-order valence-corrected chi connectivity index (χ1v) is 7.49. The fourth-order valence-electron chi connectivity index (χ4n) is 3.03. The Morgan fingerprint density at radius 2 is 2.30 bits per heavy atom. The molecule has 2 saturated carbocycles. The smallest absolute Gasteiger partial charge is 0.291 e. The molecule has 3 rings (SSSR count). The highest BCUT2D eigenvalue weighted by molar-refractivity contribution is 5.90. The van der Waals surface area contributed by atoms with Gasteiger partial charge in [-0.05, 0) is 31.6 Å². The molecule has 6 nitrogen and oxygen atoms in total. The van der Waals surface area contributed by atoms with Crippen LogP contribution in [0.25, 0.3) is 0 Å². The molecular formula is C14H22N4O2. The summed E-state index contributed by atoms with van der Waals surface area (Å²) in [5.74, 6) is 1.64. The molecule has 1 aromatic heterocycles. The monoisotopic (exact) mass is 278 g/mol. The summed E-state index contributed by atoms with van der Waals surface area (Å²) in [6, 6.07) is 0. The van der Waals surface area contributed by atoms with E-state index < -0.39 is 5.60 Å². The number of hydrogen-bond donors (Lipinski definition) is 3. The van der Waals surface area contributed by atoms with Gasteiger partial charge < -0.3 is 10.4 Å². The van der Waals surface area contributed by atoms with E-state index in [4.69, 9.17) is 0 Å². The van der Waals surface area contributed by atoms with Crippen molar-refractivity contribution in [1.29, 1.82) is 0 Å². The second-order valence-electron chi connectivity index (χ2n) is 6.43. The molecule has 1 amide bonds. The maximum absolute atomic E-state index is 12.0. The van der Waals surface area contributed by atoms with E-state index in [9.17, 15) is 9.90 Å². The van der Waals surface area contributed by atoms with Crippen LogP contribution in [0.15, 0.2) is 0 Å². The zero-order chi connectivity index (χ0) is 14.2. The van der Waals surface area contributed by atoms with Gasteiger partial charge in [-0.2, -0.15) is 0 Å². The molecule has 0 saturated heterocycles. The lowest BCUT2D eigenvalue weighted by molar-refractivity contribution is -0.0110. The van der Waals surface area contributed by atoms with Crippen LogP contribution in [0.5, 0.6) is 0 Å². The summed E-state index contributed by atoms with van der Waals surface area (Å²) < 4.78 is 0. The van der Waals surface area contributed by atoms with Crippen LogP contribution in [-0.4, -0.2) is 38.3 Å². The number of nitrogens with zero attached hydrogens (tertiary/aromatic N) is 2. The van der Waals surface area contributed by atoms with Crippen molar-refractivity contribution in [1.82, 2.24) is 20.5 Å². The maximum Gasteiger partial charge on any atom is 0.291 e. The molecule has 0 bridgehead atoms. The summed E-state index contributed by atoms with van der Waals surface area (Å²) in [5.41, 5.74) is -0.775. The maximum atomic E-state index is 12.0. The second-order valence-corrected chi connectivity index (χ2v) is 6.43. The SMILES string of the molecule is CC1CCCC(O)(CNC(=O)c2n[nH]c(C3CC3)n2)C1. The highest BCUT2D eigenvalue weighted by Crippen LogP contribution is 2.37. The molecule has 1 aromatic rings. The van der Waals surface area contributed by atoms with Crippen molar-refractivity contribution in [3.8, 4) is 0 Å². The van der Waals surface area contributed by atoms with E-state index in [1.807, 2.05) is 0 Å². The van der Waals surface area contributed by atoms with Crippen molar-refractivity contribution in [2.75, 3.05) is 6.54 Å². The van der Waals surface area contributed by atoms with Crippen molar-refractivity contribution < 1.29 is 9.90 Å². The Hall–Kier alpha value is -1.43. The molecule has 0 aliphatic heterocycles. The summed E-state index contributed by atoms with van der Waals surface area (Å²) in [4.78, 5) is 16.2. The summed E-state index contributed by atoms with van der Waals surface area (Å²) in [6.45, 7) is 2.42. The third-order valence-corrected chi connectivity index (χ3v) is 4.32. The minimum atomic E-state index is -0.775. The van der Waals surface area contributed by atoms with Gasteiger partial charge in [0.15, 0.2) is 0 Å². The predicted octanol–water partition coefficient (Wildman–Crippen LogP) is 1.35. The van der Waals surface area contributed by atoms with Gasteiger partial charge in [0.2, 0.25) is 5.82 Å². The quantitative estimate of drug-likeness (QED) is 0.775. The zero-order valence-corrected chi connectivity index (χ0v) is 11.9. The van der Waals surface area contributed by atoms with E-state index in [2.05, 4.69) is 27.4 Å². The second kappa shape index (κ2) is 5.16. The number of amides is 1. The number of H-pyrrole nitrogens is 1. The van der Waals surface area contributed by atoms with Gasteiger partial charge in [-0.25, -0.2) is 4.98 Å². The van der Waals surface area contributed by atoms with Crippen molar-refractivity contribution in [2.24, 2.45) is 5.92 Å². The van der Waals surface area contributed by atoms with Crippen molar-refractivity contribution >= 4 is 5.91 Å². The first-order valence-electron chi connectivity index (χ1n) is 7.49. The van der Waals surface area contributed by atoms with Crippen molar-refractivity contribution in [3.63, 3.8) is 0 Å². The number of aromatic amines is 1. The molecule has 2 unspecified atom stereocenters. The predicted molar refractivity (Wildman–Crippen MR) is 73.3 cm³/mol. The summed E-state index contributed by atoms with van der Waals surface area (Å²) in [6.07, 6.45) is 5.90. The van der Waals surface area contributed by atoms with Crippen LogP contribution in [0, 0.1) is 5.92 Å². The average molecular weight is 278 g/mol. The van der Waals surface area contributed by atoms with Gasteiger partial charge in [-0.15, -0.1) is 5.10 Å². The topological polar surface area (TPSA) is 90.9 Å². The van der Waals surface area contributed by atoms with E-state index in [0.29, 0.717) is 11.8 Å². The molecule has 2 atom stereocenters. The number of hydrogen-bond acceptors (Lipinski definition) is 4. The number of carbonyl (C=O) groups is 1. The molecule has 2 aliphatic rings. The van der Waals surface area contributed by atoms with Gasteiger partial charge in [-0.1, -0.05) is 19.8 Å². The Morgan fingerprint density at radius 1 is 1.50 bits per heavy atom. The number of aromatic nitrogens is 3. The van der Waals surface area contributed by atoms with Crippen LogP contribution in [0.1, 0.15) is 67.8 Å². The lowest BCUT2D eigenvalue weighted by Crippen LogP contribution is -2.46. The minimum absolute atomic E-state index is 0.180. The Balaban J connectivity index is 1.55. The van der Waals surface area contributed by atoms with Gasteiger partial charge >= 0.3 is 0 Å². The van der Waals surface area contributed by atoms with E-state index in [0.717, 1.165) is 44.3 Å². The lowest BCUT2D eigenvalue weighted by Gasteiger charge is -2.35. The van der Waals surface area contributed by atoms with Crippen molar-refractivity contribution in [2.45, 2.75) is 57.0 Å². The Morgan fingerprint density at radius 3 is 3.00 bits per heavy atom. The highest BCUT2D eigenvalue weighted by Gasteiger charge is 2.33. The van der Waals surface area contributed by atoms with E-state index >= 15 is 0 Å². The average Bonchev–Trinajstić information content (AvgIpc) is 3.14. The fraction of sp³-hybridized carbons (Fsp3) is 0.786. The van der Waals surface area contributed by atoms with Gasteiger partial charge in [0.05, 0.1) is 5.60 Å². The number of rotatable bonds is 4. The largest absolute Gasteiger partial charge is 0.388 e. The van der Waals surface area contributed by atoms with Crippen LogP contribution in [0.3, 0.4) is 0 Å². The molecule has 110 valence electrons. The van der Waals surface area contributed by atoms with E-state index in [-0.39, 0.29) is 18.3 Å². The molecule has 20 heavy (non-hydrogen) atoms. The molecular weight excluding hydrogens is 256 g/mol. The minimum Gasteiger partial charge on any atom is -0.388 e. The Labute approximate surface area is 118 Å². The van der Waals surface area contributed by atoms with Crippen molar-refractivity contribution in [3.05, 3.63) is 11.6 Å². The van der Waals surface area contributed by atoms with Gasteiger partial charge in [-0.3, -0.25) is 9.89 Å². The summed E-state index contributed by atoms with van der Waals surface area (Å²) in [5, 5.41) is 20.0. The van der Waals surface area contributed by atoms with Gasteiger partial charge in [0, 0.05) is 12.5 Å². The molecule has 0 radical (unpaired) electrons. The summed E-state index contributed by atoms with van der Waals surface area (Å²) >= 11 is 0. The van der Waals surface area contributed by atoms with Crippen LogP contribution < -0.4 is 5.32 Å². The standard InChI is InChI=1S/C14H22N4O2/c1-9-3-2-6-14(20,7-9)8-15-13(19)12-16-11(17-18-12)10-4-5-10/h9-10,20H,2-8H2,1H3,(H,15,19)(H,16,17,18). The zero-order valence-electron chi connectivity index (χ0n) is 11.9. The van der Waals surface area contributed by atoms with Gasteiger partial charge in [0.25, 0.3) is 5.91 Å². The molecule has 2 aliphatic carbocycles. The van der Waals surface area contributed by atoms with Crippen LogP contribution in [0.4, 0.5) is 0 Å². The number of nitrogens with one attached hydrogen (secondary N) is 2. The molecule has 3 N–H and O–H groups in total. The fourth-order valence-corrected chi connectivity index (χ4v) is 3.03. The normalized spacial score (nSPS) is 30.2. The van der Waals surface area contributed by atoms with Crippen LogP contribution in [-0.2, 0) is 0 Å². The highest BCUT2D eigenvalue weighted by atomic mass is 16.3. The first kappa shape index (κ1) is 13.5. The summed E-state index contributed by atoms with van der Waals surface area (Å²) in [7, 11) is 0. The van der Waals surface area contributed by atoms with Crippen LogP contribution in [0.2, 0.25) is 0 Å².